The lowest BCUT2D eigenvalue weighted by atomic mass is 10.1. The van der Waals surface area contributed by atoms with Crippen molar-refractivity contribution in [1.29, 1.82) is 0 Å². The predicted octanol–water partition coefficient (Wildman–Crippen LogP) is 17.0. The zero-order valence-electron chi connectivity index (χ0n) is 40.8. The number of hydrogen-bond acceptors (Lipinski definition) is 6. The highest BCUT2D eigenvalue weighted by atomic mass is 16.6. The van der Waals surface area contributed by atoms with Crippen LogP contribution < -0.4 is 0 Å². The summed E-state index contributed by atoms with van der Waals surface area (Å²) in [7, 11) is 0. The first-order chi connectivity index (χ1) is 31.0. The molecule has 0 aliphatic rings. The third-order valence-corrected chi connectivity index (χ3v) is 10.6. The van der Waals surface area contributed by atoms with Gasteiger partial charge in [-0.05, 0) is 96.3 Å². The van der Waals surface area contributed by atoms with E-state index in [0.717, 1.165) is 96.3 Å². The quantitative estimate of drug-likeness (QED) is 0.0262. The first-order valence-corrected chi connectivity index (χ1v) is 25.7. The van der Waals surface area contributed by atoms with Crippen LogP contribution in [0.2, 0.25) is 0 Å². The molecule has 0 amide bonds. The van der Waals surface area contributed by atoms with Crippen molar-refractivity contribution < 1.29 is 28.6 Å². The third kappa shape index (κ3) is 49.2. The third-order valence-electron chi connectivity index (χ3n) is 10.6. The van der Waals surface area contributed by atoms with E-state index in [1.165, 1.54) is 83.5 Å². The minimum atomic E-state index is -0.839. The monoisotopic (exact) mass is 875 g/mol. The van der Waals surface area contributed by atoms with Gasteiger partial charge in [0.2, 0.25) is 0 Å². The van der Waals surface area contributed by atoms with Crippen LogP contribution >= 0.6 is 0 Å². The fourth-order valence-electron chi connectivity index (χ4n) is 6.73. The van der Waals surface area contributed by atoms with Crippen molar-refractivity contribution in [3.63, 3.8) is 0 Å². The molecule has 0 saturated heterocycles. The van der Waals surface area contributed by atoms with Crippen LogP contribution in [-0.4, -0.2) is 37.2 Å². The van der Waals surface area contributed by atoms with Crippen molar-refractivity contribution in [2.75, 3.05) is 13.2 Å². The molecular weight excluding hydrogens is 781 g/mol. The average Bonchev–Trinajstić information content (AvgIpc) is 3.28. The molecule has 0 aromatic rings. The molecule has 0 aromatic carbocycles. The van der Waals surface area contributed by atoms with E-state index in [1.54, 1.807) is 6.08 Å². The maximum atomic E-state index is 12.7. The van der Waals surface area contributed by atoms with E-state index in [-0.39, 0.29) is 31.6 Å². The van der Waals surface area contributed by atoms with E-state index < -0.39 is 12.1 Å². The summed E-state index contributed by atoms with van der Waals surface area (Å²) in [5, 5.41) is 0. The summed E-state index contributed by atoms with van der Waals surface area (Å²) in [5.41, 5.74) is 0. The van der Waals surface area contributed by atoms with E-state index >= 15 is 0 Å². The smallest absolute Gasteiger partial charge is 0.310 e. The second-order valence-corrected chi connectivity index (χ2v) is 16.7. The van der Waals surface area contributed by atoms with E-state index in [4.69, 9.17) is 14.2 Å². The van der Waals surface area contributed by atoms with Crippen LogP contribution in [0.5, 0.6) is 0 Å². The lowest BCUT2D eigenvalue weighted by Gasteiger charge is -2.18. The van der Waals surface area contributed by atoms with Crippen LogP contribution in [0.4, 0.5) is 0 Å². The van der Waals surface area contributed by atoms with E-state index in [1.807, 2.05) is 6.08 Å². The molecule has 1 unspecified atom stereocenters. The number of ether oxygens (including phenoxy) is 3. The van der Waals surface area contributed by atoms with Gasteiger partial charge in [-0.1, -0.05) is 208 Å². The normalized spacial score (nSPS) is 12.9. The summed E-state index contributed by atoms with van der Waals surface area (Å²) in [6.07, 6.45) is 67.0. The van der Waals surface area contributed by atoms with Crippen LogP contribution in [0.1, 0.15) is 226 Å². The second kappa shape index (κ2) is 51.0. The zero-order chi connectivity index (χ0) is 45.8. The Morgan fingerprint density at radius 3 is 1.13 bits per heavy atom. The molecule has 0 saturated carbocycles. The highest BCUT2D eigenvalue weighted by Gasteiger charge is 2.19. The average molecular weight is 875 g/mol. The number of carbonyl (C=O) groups is 3. The predicted molar refractivity (Wildman–Crippen MR) is 270 cm³/mol. The number of unbranched alkanes of at least 4 members (excludes halogenated alkanes) is 19. The summed E-state index contributed by atoms with van der Waals surface area (Å²) in [6, 6.07) is 0. The van der Waals surface area contributed by atoms with Gasteiger partial charge in [0.15, 0.2) is 6.10 Å². The Bertz CT molecular complexity index is 1280. The molecule has 0 fully saturated rings. The molecule has 0 aliphatic heterocycles. The fraction of sp³-hybridized carbons (Fsp3) is 0.667. The van der Waals surface area contributed by atoms with Crippen molar-refractivity contribution in [3.05, 3.63) is 97.2 Å². The van der Waals surface area contributed by atoms with Crippen molar-refractivity contribution in [3.8, 4) is 0 Å². The molecule has 1 atom stereocenters. The molecule has 0 spiro atoms. The van der Waals surface area contributed by atoms with Crippen molar-refractivity contribution >= 4 is 17.9 Å². The highest BCUT2D eigenvalue weighted by Crippen LogP contribution is 2.13. The zero-order valence-corrected chi connectivity index (χ0v) is 40.8. The van der Waals surface area contributed by atoms with Gasteiger partial charge in [0.1, 0.15) is 13.2 Å². The topological polar surface area (TPSA) is 78.9 Å². The first-order valence-electron chi connectivity index (χ1n) is 25.7. The maximum Gasteiger partial charge on any atom is 0.310 e. The molecule has 63 heavy (non-hydrogen) atoms. The molecule has 0 N–H and O–H groups in total. The Labute approximate surface area is 387 Å². The van der Waals surface area contributed by atoms with Gasteiger partial charge in [0.25, 0.3) is 0 Å². The van der Waals surface area contributed by atoms with Gasteiger partial charge in [-0.3, -0.25) is 14.4 Å². The molecule has 6 nitrogen and oxygen atoms in total. The number of carbonyl (C=O) groups excluding carboxylic acids is 3. The molecule has 0 bridgehead atoms. The van der Waals surface area contributed by atoms with Crippen LogP contribution in [0, 0.1) is 0 Å². The van der Waals surface area contributed by atoms with Gasteiger partial charge in [-0.25, -0.2) is 0 Å². The SMILES string of the molecule is CC/C=C\C/C=C\C/C=C\C/C=C\C/C=C\CC(=O)OC(COC(=O)CCCCCCC/C=C\C/C=C\CCC)COC(=O)CCCCCCCCC/C=C\CCCCCCCC. The largest absolute Gasteiger partial charge is 0.462 e. The molecular formula is C57H94O6. The Kier molecular flexibility index (Phi) is 48.0. The van der Waals surface area contributed by atoms with E-state index in [0.29, 0.717) is 19.3 Å². The first kappa shape index (κ1) is 59.3. The molecule has 0 rings (SSSR count). The van der Waals surface area contributed by atoms with Crippen molar-refractivity contribution in [1.82, 2.24) is 0 Å². The van der Waals surface area contributed by atoms with Crippen LogP contribution in [-0.2, 0) is 28.6 Å². The van der Waals surface area contributed by atoms with Gasteiger partial charge in [0, 0.05) is 12.8 Å². The molecule has 358 valence electrons. The molecule has 0 aromatic heterocycles. The maximum absolute atomic E-state index is 12.7. The molecule has 6 heteroatoms. The lowest BCUT2D eigenvalue weighted by molar-refractivity contribution is -0.166. The standard InChI is InChI=1S/C57H94O6/c1-4-7-10-13-16-19-22-25-27-28-30-32-35-38-41-44-47-50-56(59)62-53-54(52-61-55(58)49-46-43-40-37-34-31-24-21-18-15-12-9-6-3)63-57(60)51-48-45-42-39-36-33-29-26-23-20-17-14-11-8-5-2/h8,11-12,15,17,20-21,24-27,29,36,39,45,48,54H,4-7,9-10,13-14,16,18-19,22-23,28,30-35,37-38,40-44,46-47,49-53H2,1-3H3/b11-8-,15-12-,20-17-,24-21-,27-25-,29-26-,39-36-,48-45-. The van der Waals surface area contributed by atoms with Crippen molar-refractivity contribution in [2.45, 2.75) is 232 Å². The van der Waals surface area contributed by atoms with Crippen LogP contribution in [0.25, 0.3) is 0 Å². The second-order valence-electron chi connectivity index (χ2n) is 16.7. The van der Waals surface area contributed by atoms with Gasteiger partial charge < -0.3 is 14.2 Å². The molecule has 0 heterocycles. The van der Waals surface area contributed by atoms with Gasteiger partial charge >= 0.3 is 17.9 Å². The lowest BCUT2D eigenvalue weighted by Crippen LogP contribution is -2.30. The summed E-state index contributed by atoms with van der Waals surface area (Å²) in [5.74, 6) is -1.08. The van der Waals surface area contributed by atoms with Gasteiger partial charge in [-0.15, -0.1) is 0 Å². The molecule has 0 radical (unpaired) electrons. The van der Waals surface area contributed by atoms with Gasteiger partial charge in [0.05, 0.1) is 6.42 Å². The minimum absolute atomic E-state index is 0.0909. The Balaban J connectivity index is 4.52. The Morgan fingerprint density at radius 1 is 0.349 bits per heavy atom. The Hall–Kier alpha value is -3.67. The number of rotatable bonds is 45. The summed E-state index contributed by atoms with van der Waals surface area (Å²) in [4.78, 5) is 37.9. The number of esters is 3. The highest BCUT2D eigenvalue weighted by molar-refractivity contribution is 5.72. The van der Waals surface area contributed by atoms with Crippen LogP contribution in [0.3, 0.4) is 0 Å². The van der Waals surface area contributed by atoms with Crippen LogP contribution in [0.15, 0.2) is 97.2 Å². The Morgan fingerprint density at radius 2 is 0.698 bits per heavy atom. The molecule has 0 aliphatic carbocycles. The fourth-order valence-corrected chi connectivity index (χ4v) is 6.73. The van der Waals surface area contributed by atoms with Crippen molar-refractivity contribution in [2.24, 2.45) is 0 Å². The van der Waals surface area contributed by atoms with Gasteiger partial charge in [-0.2, -0.15) is 0 Å². The summed E-state index contributed by atoms with van der Waals surface area (Å²) >= 11 is 0. The number of allylic oxidation sites excluding steroid dienone is 15. The summed E-state index contributed by atoms with van der Waals surface area (Å²) in [6.45, 7) is 6.35. The number of hydrogen-bond donors (Lipinski definition) is 0. The minimum Gasteiger partial charge on any atom is -0.462 e. The summed E-state index contributed by atoms with van der Waals surface area (Å²) < 4.78 is 16.7. The van der Waals surface area contributed by atoms with E-state index in [9.17, 15) is 14.4 Å². The van der Waals surface area contributed by atoms with E-state index in [2.05, 4.69) is 106 Å².